The largest absolute Gasteiger partial charge is 0.377 e. The second-order valence-corrected chi connectivity index (χ2v) is 6.94. The summed E-state index contributed by atoms with van der Waals surface area (Å²) in [5, 5.41) is 10.7. The molecule has 2 rings (SSSR count). The SMILES string of the molecule is CC1=CCC(O)(C(=O)c2cc(C(C)C)cc(C(C)C)c2)C=C1. The maximum atomic E-state index is 12.8. The van der Waals surface area contributed by atoms with Gasteiger partial charge in [0.2, 0.25) is 0 Å². The lowest BCUT2D eigenvalue weighted by Crippen LogP contribution is -2.37. The minimum Gasteiger partial charge on any atom is -0.377 e. The normalized spacial score (nSPS) is 21.4. The smallest absolute Gasteiger partial charge is 0.198 e. The summed E-state index contributed by atoms with van der Waals surface area (Å²) in [5.41, 5.74) is 2.56. The molecule has 2 nitrogen and oxygen atoms in total. The van der Waals surface area contributed by atoms with Crippen LogP contribution in [0.2, 0.25) is 0 Å². The number of carbonyl (C=O) groups is 1. The van der Waals surface area contributed by atoms with Crippen LogP contribution in [0.3, 0.4) is 0 Å². The molecule has 0 saturated heterocycles. The number of carbonyl (C=O) groups excluding carboxylic acids is 1. The van der Waals surface area contributed by atoms with Gasteiger partial charge in [-0.1, -0.05) is 51.5 Å². The van der Waals surface area contributed by atoms with Crippen molar-refractivity contribution in [3.05, 3.63) is 58.7 Å². The maximum Gasteiger partial charge on any atom is 0.198 e. The van der Waals surface area contributed by atoms with Crippen molar-refractivity contribution in [2.75, 3.05) is 0 Å². The highest BCUT2D eigenvalue weighted by atomic mass is 16.3. The highest BCUT2D eigenvalue weighted by molar-refractivity contribution is 6.04. The van der Waals surface area contributed by atoms with Crippen molar-refractivity contribution in [1.29, 1.82) is 0 Å². The van der Waals surface area contributed by atoms with Crippen molar-refractivity contribution in [1.82, 2.24) is 0 Å². The molecule has 0 heterocycles. The molecule has 1 aliphatic rings. The number of allylic oxidation sites excluding steroid dienone is 2. The Morgan fingerprint density at radius 2 is 1.64 bits per heavy atom. The van der Waals surface area contributed by atoms with Crippen LogP contribution in [0.25, 0.3) is 0 Å². The topological polar surface area (TPSA) is 37.3 Å². The zero-order valence-corrected chi connectivity index (χ0v) is 14.2. The number of rotatable bonds is 4. The Balaban J connectivity index is 2.43. The van der Waals surface area contributed by atoms with E-state index in [1.807, 2.05) is 31.2 Å². The standard InChI is InChI=1S/C20H26O2/c1-13(2)16-10-17(14(3)4)12-18(11-16)19(21)20(22)8-6-15(5)7-9-20/h6-8,10-14,22H,9H2,1-5H3. The fourth-order valence-electron chi connectivity index (χ4n) is 2.61. The molecule has 1 atom stereocenters. The first-order valence-electron chi connectivity index (χ1n) is 8.01. The van der Waals surface area contributed by atoms with E-state index in [2.05, 4.69) is 33.8 Å². The third-order valence-electron chi connectivity index (χ3n) is 4.32. The molecule has 22 heavy (non-hydrogen) atoms. The van der Waals surface area contributed by atoms with E-state index in [0.29, 0.717) is 23.8 Å². The van der Waals surface area contributed by atoms with Crippen LogP contribution >= 0.6 is 0 Å². The molecule has 0 saturated carbocycles. The van der Waals surface area contributed by atoms with E-state index in [-0.39, 0.29) is 5.78 Å². The van der Waals surface area contributed by atoms with Crippen molar-refractivity contribution in [2.24, 2.45) is 0 Å². The van der Waals surface area contributed by atoms with Crippen LogP contribution in [0, 0.1) is 0 Å². The van der Waals surface area contributed by atoms with Crippen LogP contribution in [0.15, 0.2) is 42.0 Å². The molecule has 0 aliphatic heterocycles. The van der Waals surface area contributed by atoms with E-state index in [0.717, 1.165) is 16.7 Å². The Kier molecular flexibility index (Phi) is 4.72. The van der Waals surface area contributed by atoms with Crippen molar-refractivity contribution >= 4 is 5.78 Å². The second-order valence-electron chi connectivity index (χ2n) is 6.94. The highest BCUT2D eigenvalue weighted by Crippen LogP contribution is 2.29. The quantitative estimate of drug-likeness (QED) is 0.814. The molecule has 2 heteroatoms. The number of benzene rings is 1. The molecular weight excluding hydrogens is 272 g/mol. The van der Waals surface area contributed by atoms with E-state index in [1.165, 1.54) is 0 Å². The summed E-state index contributed by atoms with van der Waals surface area (Å²) >= 11 is 0. The molecule has 1 unspecified atom stereocenters. The fraction of sp³-hybridized carbons (Fsp3) is 0.450. The van der Waals surface area contributed by atoms with Crippen molar-refractivity contribution in [3.63, 3.8) is 0 Å². The van der Waals surface area contributed by atoms with Crippen molar-refractivity contribution in [3.8, 4) is 0 Å². The Morgan fingerprint density at radius 3 is 2.05 bits per heavy atom. The molecule has 0 bridgehead atoms. The zero-order valence-electron chi connectivity index (χ0n) is 14.2. The molecule has 1 aromatic rings. The summed E-state index contributed by atoms with van der Waals surface area (Å²) in [6.07, 6.45) is 5.70. The van der Waals surface area contributed by atoms with Crippen LogP contribution in [-0.2, 0) is 0 Å². The highest BCUT2D eigenvalue weighted by Gasteiger charge is 2.34. The van der Waals surface area contributed by atoms with Gasteiger partial charge in [0.05, 0.1) is 0 Å². The van der Waals surface area contributed by atoms with Crippen molar-refractivity contribution in [2.45, 2.75) is 58.5 Å². The van der Waals surface area contributed by atoms with Gasteiger partial charge in [-0.2, -0.15) is 0 Å². The van der Waals surface area contributed by atoms with Gasteiger partial charge in [0.15, 0.2) is 5.78 Å². The number of hydrogen-bond acceptors (Lipinski definition) is 2. The fourth-order valence-corrected chi connectivity index (χ4v) is 2.61. The number of hydrogen-bond donors (Lipinski definition) is 1. The molecule has 118 valence electrons. The van der Waals surface area contributed by atoms with Gasteiger partial charge in [0, 0.05) is 12.0 Å². The first-order chi connectivity index (χ1) is 10.2. The molecule has 1 aliphatic carbocycles. The average molecular weight is 298 g/mol. The van der Waals surface area contributed by atoms with Crippen molar-refractivity contribution < 1.29 is 9.90 Å². The van der Waals surface area contributed by atoms with Crippen LogP contribution in [0.5, 0.6) is 0 Å². The molecule has 0 radical (unpaired) electrons. The molecule has 0 spiro atoms. The molecule has 1 aromatic carbocycles. The Hall–Kier alpha value is -1.67. The predicted octanol–water partition coefficient (Wildman–Crippen LogP) is 4.75. The summed E-state index contributed by atoms with van der Waals surface area (Å²) in [4.78, 5) is 12.8. The molecule has 0 amide bonds. The zero-order chi connectivity index (χ0) is 16.5. The molecule has 0 fully saturated rings. The van der Waals surface area contributed by atoms with Crippen LogP contribution < -0.4 is 0 Å². The number of Topliss-reactive ketones (excluding diaryl/α,β-unsaturated/α-hetero) is 1. The Bertz CT molecular complexity index is 609. The van der Waals surface area contributed by atoms with E-state index >= 15 is 0 Å². The van der Waals surface area contributed by atoms with Gasteiger partial charge in [0.25, 0.3) is 0 Å². The van der Waals surface area contributed by atoms with Gasteiger partial charge >= 0.3 is 0 Å². The minimum absolute atomic E-state index is 0.211. The van der Waals surface area contributed by atoms with E-state index < -0.39 is 5.60 Å². The summed E-state index contributed by atoms with van der Waals surface area (Å²) < 4.78 is 0. The van der Waals surface area contributed by atoms with E-state index in [9.17, 15) is 9.90 Å². The third-order valence-corrected chi connectivity index (χ3v) is 4.32. The van der Waals surface area contributed by atoms with Gasteiger partial charge in [-0.3, -0.25) is 4.79 Å². The van der Waals surface area contributed by atoms with Crippen LogP contribution in [0.4, 0.5) is 0 Å². The molecule has 0 aromatic heterocycles. The van der Waals surface area contributed by atoms with Crippen LogP contribution in [0.1, 0.15) is 74.4 Å². The second kappa shape index (κ2) is 6.21. The van der Waals surface area contributed by atoms with Gasteiger partial charge < -0.3 is 5.11 Å². The summed E-state index contributed by atoms with van der Waals surface area (Å²) in [6, 6.07) is 6.02. The lowest BCUT2D eigenvalue weighted by molar-refractivity contribution is 0.0533. The molecule has 1 N–H and O–H groups in total. The number of aliphatic hydroxyl groups is 1. The Morgan fingerprint density at radius 1 is 1.09 bits per heavy atom. The predicted molar refractivity (Wildman–Crippen MR) is 91.4 cm³/mol. The first kappa shape index (κ1) is 16.7. The van der Waals surface area contributed by atoms with E-state index in [1.54, 1.807) is 6.08 Å². The Labute approximate surface area is 133 Å². The average Bonchev–Trinajstić information content (AvgIpc) is 2.49. The summed E-state index contributed by atoms with van der Waals surface area (Å²) in [7, 11) is 0. The van der Waals surface area contributed by atoms with Gasteiger partial charge in [-0.15, -0.1) is 0 Å². The van der Waals surface area contributed by atoms with Crippen LogP contribution in [-0.4, -0.2) is 16.5 Å². The monoisotopic (exact) mass is 298 g/mol. The number of ketones is 1. The minimum atomic E-state index is -1.41. The summed E-state index contributed by atoms with van der Waals surface area (Å²) in [5.74, 6) is 0.491. The maximum absolute atomic E-state index is 12.8. The van der Waals surface area contributed by atoms with Gasteiger partial charge in [0.1, 0.15) is 5.60 Å². The van der Waals surface area contributed by atoms with Gasteiger partial charge in [-0.25, -0.2) is 0 Å². The molecular formula is C20H26O2. The van der Waals surface area contributed by atoms with E-state index in [4.69, 9.17) is 0 Å². The van der Waals surface area contributed by atoms with Gasteiger partial charge in [-0.05, 0) is 48.1 Å². The third kappa shape index (κ3) is 3.38. The lowest BCUT2D eigenvalue weighted by Gasteiger charge is -2.25. The lowest BCUT2D eigenvalue weighted by atomic mass is 9.83. The summed E-state index contributed by atoms with van der Waals surface area (Å²) in [6.45, 7) is 10.4. The first-order valence-corrected chi connectivity index (χ1v) is 8.01.